The highest BCUT2D eigenvalue weighted by atomic mass is 16.5. The van der Waals surface area contributed by atoms with E-state index >= 15 is 0 Å². The largest absolute Gasteiger partial charge is 0.496 e. The van der Waals surface area contributed by atoms with Gasteiger partial charge >= 0.3 is 6.03 Å². The van der Waals surface area contributed by atoms with Crippen LogP contribution in [0.3, 0.4) is 0 Å². The number of aryl methyl sites for hydroxylation is 2. The molecule has 0 aliphatic heterocycles. The Kier molecular flexibility index (Phi) is 5.95. The van der Waals surface area contributed by atoms with Gasteiger partial charge in [-0.25, -0.2) is 4.79 Å². The molecule has 0 fully saturated rings. The van der Waals surface area contributed by atoms with Crippen LogP contribution in [0.15, 0.2) is 48.7 Å². The maximum atomic E-state index is 12.2. The summed E-state index contributed by atoms with van der Waals surface area (Å²) in [6.45, 7) is 2.01. The van der Waals surface area contributed by atoms with Crippen molar-refractivity contribution in [2.24, 2.45) is 0 Å². The van der Waals surface area contributed by atoms with E-state index in [1.807, 2.05) is 37.3 Å². The van der Waals surface area contributed by atoms with E-state index in [4.69, 9.17) is 4.74 Å². The van der Waals surface area contributed by atoms with Crippen molar-refractivity contribution in [2.45, 2.75) is 38.6 Å². The van der Waals surface area contributed by atoms with E-state index in [0.29, 0.717) is 0 Å². The van der Waals surface area contributed by atoms with Crippen LogP contribution in [-0.4, -0.2) is 13.1 Å². The van der Waals surface area contributed by atoms with Gasteiger partial charge in [-0.15, -0.1) is 0 Å². The first-order chi connectivity index (χ1) is 12.7. The molecule has 2 amide bonds. The third-order valence-electron chi connectivity index (χ3n) is 4.84. The van der Waals surface area contributed by atoms with E-state index < -0.39 is 0 Å². The van der Waals surface area contributed by atoms with Crippen LogP contribution in [0.2, 0.25) is 0 Å². The fourth-order valence-electron chi connectivity index (χ4n) is 3.36. The van der Waals surface area contributed by atoms with Gasteiger partial charge < -0.3 is 15.4 Å². The molecule has 3 rings (SSSR count). The average Bonchev–Trinajstić information content (AvgIpc) is 2.68. The minimum absolute atomic E-state index is 0.0399. The molecule has 1 atom stereocenters. The Balaban J connectivity index is 1.57. The second-order valence-electron chi connectivity index (χ2n) is 6.65. The van der Waals surface area contributed by atoms with Gasteiger partial charge in [-0.05, 0) is 61.4 Å². The Morgan fingerprint density at radius 3 is 2.69 bits per heavy atom. The number of methoxy groups -OCH3 is 1. The normalized spacial score (nSPS) is 14.5. The monoisotopic (exact) mass is 350 g/mol. The maximum absolute atomic E-state index is 12.2. The molecule has 1 aliphatic carbocycles. The van der Waals surface area contributed by atoms with Crippen LogP contribution in [0.1, 0.15) is 48.1 Å². The molecule has 2 N–H and O–H groups in total. The van der Waals surface area contributed by atoms with E-state index in [-0.39, 0.29) is 12.1 Å². The highest BCUT2D eigenvalue weighted by molar-refractivity contribution is 5.76. The molecule has 1 aliphatic rings. The third-order valence-corrected chi connectivity index (χ3v) is 4.84. The van der Waals surface area contributed by atoms with Crippen molar-refractivity contribution in [3.8, 4) is 5.75 Å². The SMILES string of the molecule is COc1ccccc1/C=C/NC(=O)NC(C)c1ccc2c(c1)CCCC2. The van der Waals surface area contributed by atoms with Crippen LogP contribution in [0, 0.1) is 0 Å². The molecule has 0 bridgehead atoms. The predicted molar refractivity (Wildman–Crippen MR) is 105 cm³/mol. The molecule has 136 valence electrons. The highest BCUT2D eigenvalue weighted by Crippen LogP contribution is 2.24. The number of hydrogen-bond acceptors (Lipinski definition) is 2. The van der Waals surface area contributed by atoms with Crippen LogP contribution in [0.5, 0.6) is 5.75 Å². The standard InChI is InChI=1S/C22H26N2O2/c1-16(19-12-11-17-7-3-4-9-20(17)15-19)24-22(25)23-14-13-18-8-5-6-10-21(18)26-2/h5-6,8,10-16H,3-4,7,9H2,1-2H3,(H2,23,24,25)/b14-13+. The summed E-state index contributed by atoms with van der Waals surface area (Å²) in [4.78, 5) is 12.2. The summed E-state index contributed by atoms with van der Waals surface area (Å²) in [6.07, 6.45) is 8.30. The van der Waals surface area contributed by atoms with Crippen LogP contribution >= 0.6 is 0 Å². The zero-order chi connectivity index (χ0) is 18.4. The summed E-state index contributed by atoms with van der Waals surface area (Å²) in [5, 5.41) is 5.74. The number of amides is 2. The summed E-state index contributed by atoms with van der Waals surface area (Å²) >= 11 is 0. The first kappa shape index (κ1) is 18.1. The number of carbonyl (C=O) groups excluding carboxylic acids is 1. The predicted octanol–water partition coefficient (Wildman–Crippen LogP) is 4.61. The van der Waals surface area contributed by atoms with Gasteiger partial charge in [-0.3, -0.25) is 0 Å². The molecule has 0 radical (unpaired) electrons. The van der Waals surface area contributed by atoms with Crippen molar-refractivity contribution < 1.29 is 9.53 Å². The summed E-state index contributed by atoms with van der Waals surface area (Å²) in [6, 6.07) is 14.0. The molecule has 0 saturated heterocycles. The van der Waals surface area contributed by atoms with E-state index in [2.05, 4.69) is 28.8 Å². The minimum Gasteiger partial charge on any atom is -0.496 e. The van der Waals surface area contributed by atoms with E-state index in [9.17, 15) is 4.79 Å². The lowest BCUT2D eigenvalue weighted by Gasteiger charge is -2.20. The lowest BCUT2D eigenvalue weighted by molar-refractivity contribution is 0.241. The number of urea groups is 1. The smallest absolute Gasteiger partial charge is 0.319 e. The molecule has 0 spiro atoms. The lowest BCUT2D eigenvalue weighted by atomic mass is 9.89. The molecule has 2 aromatic rings. The number of fused-ring (bicyclic) bond motifs is 1. The Bertz CT molecular complexity index is 798. The van der Waals surface area contributed by atoms with Crippen molar-refractivity contribution in [2.75, 3.05) is 7.11 Å². The van der Waals surface area contributed by atoms with Gasteiger partial charge in [0.05, 0.1) is 13.2 Å². The summed E-state index contributed by atoms with van der Waals surface area (Å²) in [7, 11) is 1.63. The summed E-state index contributed by atoms with van der Waals surface area (Å²) in [5.41, 5.74) is 4.95. The molecule has 0 heterocycles. The number of para-hydroxylation sites is 1. The molecule has 0 aromatic heterocycles. The van der Waals surface area contributed by atoms with Crippen molar-refractivity contribution >= 4 is 12.1 Å². The van der Waals surface area contributed by atoms with Crippen molar-refractivity contribution in [3.05, 3.63) is 70.9 Å². The van der Waals surface area contributed by atoms with E-state index in [0.717, 1.165) is 23.3 Å². The molecule has 4 heteroatoms. The van der Waals surface area contributed by atoms with Crippen molar-refractivity contribution in [3.63, 3.8) is 0 Å². The number of rotatable bonds is 5. The molecular formula is C22H26N2O2. The van der Waals surface area contributed by atoms with Gasteiger partial charge in [-0.1, -0.05) is 36.4 Å². The lowest BCUT2D eigenvalue weighted by Crippen LogP contribution is -2.34. The van der Waals surface area contributed by atoms with E-state index in [1.54, 1.807) is 13.3 Å². The topological polar surface area (TPSA) is 50.4 Å². The fourth-order valence-corrected chi connectivity index (χ4v) is 3.36. The highest BCUT2D eigenvalue weighted by Gasteiger charge is 2.13. The van der Waals surface area contributed by atoms with Gasteiger partial charge in [0, 0.05) is 11.8 Å². The minimum atomic E-state index is -0.221. The Hall–Kier alpha value is -2.75. The number of carbonyl (C=O) groups is 1. The molecule has 4 nitrogen and oxygen atoms in total. The number of benzene rings is 2. The fraction of sp³-hybridized carbons (Fsp3) is 0.318. The number of nitrogens with one attached hydrogen (secondary N) is 2. The second-order valence-corrected chi connectivity index (χ2v) is 6.65. The molecular weight excluding hydrogens is 324 g/mol. The van der Waals surface area contributed by atoms with Gasteiger partial charge in [0.15, 0.2) is 0 Å². The quantitative estimate of drug-likeness (QED) is 0.828. The molecule has 26 heavy (non-hydrogen) atoms. The second kappa shape index (κ2) is 8.56. The number of ether oxygens (including phenoxy) is 1. The summed E-state index contributed by atoms with van der Waals surface area (Å²) < 4.78 is 5.29. The maximum Gasteiger partial charge on any atom is 0.319 e. The first-order valence-corrected chi connectivity index (χ1v) is 9.15. The molecule has 1 unspecified atom stereocenters. The van der Waals surface area contributed by atoms with Gasteiger partial charge in [0.1, 0.15) is 5.75 Å². The zero-order valence-electron chi connectivity index (χ0n) is 15.4. The van der Waals surface area contributed by atoms with Crippen LogP contribution in [0.25, 0.3) is 6.08 Å². The van der Waals surface area contributed by atoms with Crippen molar-refractivity contribution in [1.82, 2.24) is 10.6 Å². The molecule has 2 aromatic carbocycles. The van der Waals surface area contributed by atoms with Crippen LogP contribution in [0.4, 0.5) is 4.79 Å². The van der Waals surface area contributed by atoms with Crippen LogP contribution < -0.4 is 15.4 Å². The number of hydrogen-bond donors (Lipinski definition) is 2. The van der Waals surface area contributed by atoms with Crippen molar-refractivity contribution in [1.29, 1.82) is 0 Å². The average molecular weight is 350 g/mol. The van der Waals surface area contributed by atoms with E-state index in [1.165, 1.54) is 30.4 Å². The van der Waals surface area contributed by atoms with Gasteiger partial charge in [0.2, 0.25) is 0 Å². The van der Waals surface area contributed by atoms with Gasteiger partial charge in [-0.2, -0.15) is 0 Å². The Labute approximate surface area is 155 Å². The molecule has 0 saturated carbocycles. The Morgan fingerprint density at radius 1 is 1.12 bits per heavy atom. The zero-order valence-corrected chi connectivity index (χ0v) is 15.4. The first-order valence-electron chi connectivity index (χ1n) is 9.15. The van der Waals surface area contributed by atoms with Crippen LogP contribution in [-0.2, 0) is 12.8 Å². The Morgan fingerprint density at radius 2 is 1.88 bits per heavy atom. The third kappa shape index (κ3) is 4.45. The van der Waals surface area contributed by atoms with Gasteiger partial charge in [0.25, 0.3) is 0 Å². The summed E-state index contributed by atoms with van der Waals surface area (Å²) in [5.74, 6) is 0.772.